The van der Waals surface area contributed by atoms with Gasteiger partial charge in [-0.25, -0.2) is 18.2 Å². The van der Waals surface area contributed by atoms with E-state index in [0.717, 1.165) is 12.1 Å². The molecule has 2 aromatic carbocycles. The van der Waals surface area contributed by atoms with Gasteiger partial charge in [-0.05, 0) is 42.0 Å². The number of benzene rings is 2. The minimum Gasteiger partial charge on any atom is -0.338 e. The van der Waals surface area contributed by atoms with Crippen LogP contribution in [0.1, 0.15) is 27.8 Å². The van der Waals surface area contributed by atoms with E-state index in [1.807, 2.05) is 0 Å². The Hall–Kier alpha value is -3.09. The molecule has 1 heterocycles. The summed E-state index contributed by atoms with van der Waals surface area (Å²) >= 11 is 0. The molecule has 3 aromatic rings. The van der Waals surface area contributed by atoms with Gasteiger partial charge in [-0.1, -0.05) is 6.07 Å². The summed E-state index contributed by atoms with van der Waals surface area (Å²) in [5.74, 6) is -2.50. The number of aromatic nitrogens is 2. The Bertz CT molecular complexity index is 906. The third kappa shape index (κ3) is 3.55. The number of nitrogens with one attached hydrogen (secondary N) is 1. The largest absolute Gasteiger partial charge is 0.338 e. The molecule has 1 unspecified atom stereocenters. The maximum absolute atomic E-state index is 13.6. The Morgan fingerprint density at radius 3 is 2.40 bits per heavy atom. The van der Waals surface area contributed by atoms with Crippen LogP contribution in [0.2, 0.25) is 0 Å². The van der Waals surface area contributed by atoms with E-state index in [1.54, 1.807) is 17.8 Å². The van der Waals surface area contributed by atoms with Crippen molar-refractivity contribution in [1.82, 2.24) is 14.9 Å². The molecular weight excluding hydrogens is 331 g/mol. The SMILES string of the molecule is Cn1ccnc1C(NC(=O)c1ccc(F)cc1)c1ccc(F)c(F)c1. The average Bonchev–Trinajstić information content (AvgIpc) is 3.01. The molecule has 0 aliphatic carbocycles. The zero-order chi connectivity index (χ0) is 18.0. The molecule has 25 heavy (non-hydrogen) atoms. The second-order valence-electron chi connectivity index (χ2n) is 5.48. The molecule has 0 saturated carbocycles. The number of rotatable bonds is 4. The van der Waals surface area contributed by atoms with E-state index in [0.29, 0.717) is 11.4 Å². The fourth-order valence-electron chi connectivity index (χ4n) is 2.46. The zero-order valence-electron chi connectivity index (χ0n) is 13.2. The van der Waals surface area contributed by atoms with Gasteiger partial charge in [-0.15, -0.1) is 0 Å². The highest BCUT2D eigenvalue weighted by Gasteiger charge is 2.22. The van der Waals surface area contributed by atoms with Gasteiger partial charge in [0.15, 0.2) is 11.6 Å². The molecule has 1 aromatic heterocycles. The lowest BCUT2D eigenvalue weighted by Gasteiger charge is -2.19. The number of halogens is 3. The lowest BCUT2D eigenvalue weighted by molar-refractivity contribution is 0.0941. The third-order valence-electron chi connectivity index (χ3n) is 3.78. The summed E-state index contributed by atoms with van der Waals surface area (Å²) in [4.78, 5) is 16.6. The van der Waals surface area contributed by atoms with Crippen LogP contribution >= 0.6 is 0 Å². The second-order valence-corrected chi connectivity index (χ2v) is 5.48. The standard InChI is InChI=1S/C18H14F3N3O/c1-24-9-8-22-17(24)16(12-4-7-14(20)15(21)10-12)23-18(25)11-2-5-13(19)6-3-11/h2-10,16H,1H3,(H,23,25). The number of hydrogen-bond acceptors (Lipinski definition) is 2. The Kier molecular flexibility index (Phi) is 4.56. The van der Waals surface area contributed by atoms with Gasteiger partial charge >= 0.3 is 0 Å². The average molecular weight is 345 g/mol. The molecule has 1 N–H and O–H groups in total. The van der Waals surface area contributed by atoms with Gasteiger partial charge in [0, 0.05) is 25.0 Å². The summed E-state index contributed by atoms with van der Waals surface area (Å²) < 4.78 is 41.5. The number of aryl methyl sites for hydroxylation is 1. The summed E-state index contributed by atoms with van der Waals surface area (Å²) in [5.41, 5.74) is 0.576. The zero-order valence-corrected chi connectivity index (χ0v) is 13.2. The van der Waals surface area contributed by atoms with Crippen LogP contribution in [0.25, 0.3) is 0 Å². The first-order valence-electron chi connectivity index (χ1n) is 7.44. The highest BCUT2D eigenvalue weighted by atomic mass is 19.2. The van der Waals surface area contributed by atoms with Gasteiger partial charge in [0.25, 0.3) is 5.91 Å². The van der Waals surface area contributed by atoms with Crippen LogP contribution in [0, 0.1) is 17.5 Å². The molecule has 1 amide bonds. The van der Waals surface area contributed by atoms with Crippen molar-refractivity contribution in [1.29, 1.82) is 0 Å². The molecule has 3 rings (SSSR count). The lowest BCUT2D eigenvalue weighted by Crippen LogP contribution is -2.31. The van der Waals surface area contributed by atoms with Crippen LogP contribution in [0.4, 0.5) is 13.2 Å². The van der Waals surface area contributed by atoms with Gasteiger partial charge in [0.2, 0.25) is 0 Å². The number of hydrogen-bond donors (Lipinski definition) is 1. The van der Waals surface area contributed by atoms with Crippen molar-refractivity contribution in [3.8, 4) is 0 Å². The summed E-state index contributed by atoms with van der Waals surface area (Å²) in [6, 6.07) is 7.60. The predicted molar refractivity (Wildman–Crippen MR) is 85.3 cm³/mol. The third-order valence-corrected chi connectivity index (χ3v) is 3.78. The minimum atomic E-state index is -1.02. The number of amides is 1. The van der Waals surface area contributed by atoms with Crippen LogP contribution in [0.5, 0.6) is 0 Å². The fraction of sp³-hybridized carbons (Fsp3) is 0.111. The molecule has 128 valence electrons. The van der Waals surface area contributed by atoms with E-state index in [1.165, 1.54) is 36.5 Å². The highest BCUT2D eigenvalue weighted by molar-refractivity contribution is 5.94. The van der Waals surface area contributed by atoms with Crippen molar-refractivity contribution in [3.05, 3.63) is 89.3 Å². The van der Waals surface area contributed by atoms with Crippen LogP contribution in [0.3, 0.4) is 0 Å². The van der Waals surface area contributed by atoms with Crippen LogP contribution < -0.4 is 5.32 Å². The molecule has 0 aliphatic heterocycles. The van der Waals surface area contributed by atoms with E-state index in [4.69, 9.17) is 0 Å². The number of nitrogens with zero attached hydrogens (tertiary/aromatic N) is 2. The topological polar surface area (TPSA) is 46.9 Å². The molecule has 0 radical (unpaired) electrons. The monoisotopic (exact) mass is 345 g/mol. The Morgan fingerprint density at radius 2 is 1.80 bits per heavy atom. The quantitative estimate of drug-likeness (QED) is 0.788. The summed E-state index contributed by atoms with van der Waals surface area (Å²) in [6.07, 6.45) is 3.21. The molecule has 1 atom stereocenters. The van der Waals surface area contributed by atoms with Crippen LogP contribution in [-0.4, -0.2) is 15.5 Å². The first-order chi connectivity index (χ1) is 12.0. The summed E-state index contributed by atoms with van der Waals surface area (Å²) in [7, 11) is 1.72. The smallest absolute Gasteiger partial charge is 0.252 e. The number of carbonyl (C=O) groups excluding carboxylic acids is 1. The van der Waals surface area contributed by atoms with E-state index >= 15 is 0 Å². The van der Waals surface area contributed by atoms with Crippen LogP contribution in [-0.2, 0) is 7.05 Å². The first-order valence-corrected chi connectivity index (χ1v) is 7.44. The predicted octanol–water partition coefficient (Wildman–Crippen LogP) is 3.36. The van der Waals surface area contributed by atoms with Gasteiger partial charge in [-0.2, -0.15) is 0 Å². The normalized spacial score (nSPS) is 12.0. The van der Waals surface area contributed by atoms with Crippen molar-refractivity contribution in [2.45, 2.75) is 6.04 Å². The second kappa shape index (κ2) is 6.80. The van der Waals surface area contributed by atoms with E-state index < -0.39 is 29.4 Å². The van der Waals surface area contributed by atoms with Crippen molar-refractivity contribution >= 4 is 5.91 Å². The van der Waals surface area contributed by atoms with Crippen molar-refractivity contribution in [3.63, 3.8) is 0 Å². The molecule has 0 fully saturated rings. The maximum atomic E-state index is 13.6. The molecular formula is C18H14F3N3O. The van der Waals surface area contributed by atoms with Gasteiger partial charge < -0.3 is 9.88 Å². The van der Waals surface area contributed by atoms with Crippen LogP contribution in [0.15, 0.2) is 54.9 Å². The molecule has 0 bridgehead atoms. The van der Waals surface area contributed by atoms with E-state index in [9.17, 15) is 18.0 Å². The van der Waals surface area contributed by atoms with E-state index in [2.05, 4.69) is 10.3 Å². The molecule has 0 saturated heterocycles. The molecule has 0 spiro atoms. The Balaban J connectivity index is 1.97. The molecule has 7 heteroatoms. The molecule has 4 nitrogen and oxygen atoms in total. The van der Waals surface area contributed by atoms with Gasteiger partial charge in [-0.3, -0.25) is 4.79 Å². The number of carbonyl (C=O) groups is 1. The summed E-state index contributed by atoms with van der Waals surface area (Å²) in [5, 5.41) is 2.73. The minimum absolute atomic E-state index is 0.239. The van der Waals surface area contributed by atoms with Gasteiger partial charge in [0.1, 0.15) is 17.7 Å². The number of imidazole rings is 1. The Labute approximate surface area is 141 Å². The van der Waals surface area contributed by atoms with Crippen molar-refractivity contribution in [2.24, 2.45) is 7.05 Å². The fourth-order valence-corrected chi connectivity index (χ4v) is 2.46. The Morgan fingerprint density at radius 1 is 1.08 bits per heavy atom. The molecule has 0 aliphatic rings. The first kappa shape index (κ1) is 16.8. The highest BCUT2D eigenvalue weighted by Crippen LogP contribution is 2.23. The maximum Gasteiger partial charge on any atom is 0.252 e. The van der Waals surface area contributed by atoms with Crippen molar-refractivity contribution < 1.29 is 18.0 Å². The van der Waals surface area contributed by atoms with Gasteiger partial charge in [0.05, 0.1) is 0 Å². The van der Waals surface area contributed by atoms with Crippen molar-refractivity contribution in [2.75, 3.05) is 0 Å². The summed E-state index contributed by atoms with van der Waals surface area (Å²) in [6.45, 7) is 0. The lowest BCUT2D eigenvalue weighted by atomic mass is 10.0. The van der Waals surface area contributed by atoms with E-state index in [-0.39, 0.29) is 5.56 Å².